The van der Waals surface area contributed by atoms with Crippen LogP contribution in [-0.2, 0) is 4.79 Å². The van der Waals surface area contributed by atoms with Gasteiger partial charge in [-0.25, -0.2) is 0 Å². The third kappa shape index (κ3) is 5.70. The maximum absolute atomic E-state index is 12.3. The highest BCUT2D eigenvalue weighted by Crippen LogP contribution is 2.31. The van der Waals surface area contributed by atoms with Crippen molar-refractivity contribution in [3.05, 3.63) is 0 Å². The minimum Gasteiger partial charge on any atom is -0.339 e. The summed E-state index contributed by atoms with van der Waals surface area (Å²) in [6.45, 7) is 3.00. The molecule has 0 aromatic heterocycles. The Labute approximate surface area is 123 Å². The van der Waals surface area contributed by atoms with Gasteiger partial charge in [0, 0.05) is 25.0 Å². The largest absolute Gasteiger partial charge is 0.339 e. The molecule has 0 aromatic carbocycles. The smallest absolute Gasteiger partial charge is 0.222 e. The van der Waals surface area contributed by atoms with Gasteiger partial charge in [-0.05, 0) is 44.9 Å². The predicted molar refractivity (Wildman–Crippen MR) is 81.4 cm³/mol. The number of hydrogen-bond acceptors (Lipinski definition) is 2. The van der Waals surface area contributed by atoms with Crippen LogP contribution in [-0.4, -0.2) is 29.4 Å². The van der Waals surface area contributed by atoms with Crippen LogP contribution in [0.1, 0.15) is 64.7 Å². The first-order valence-corrected chi connectivity index (χ1v) is 7.72. The van der Waals surface area contributed by atoms with Gasteiger partial charge in [-0.2, -0.15) is 0 Å². The minimum absolute atomic E-state index is 0. The summed E-state index contributed by atoms with van der Waals surface area (Å²) >= 11 is 0. The lowest BCUT2D eigenvalue weighted by Crippen LogP contribution is -2.38. The van der Waals surface area contributed by atoms with E-state index in [1.165, 1.54) is 44.9 Å². The van der Waals surface area contributed by atoms with Crippen molar-refractivity contribution in [1.29, 1.82) is 0 Å². The number of carbonyl (C=O) groups is 1. The van der Waals surface area contributed by atoms with Crippen molar-refractivity contribution in [3.63, 3.8) is 0 Å². The molecule has 1 unspecified atom stereocenters. The summed E-state index contributed by atoms with van der Waals surface area (Å²) < 4.78 is 0. The maximum atomic E-state index is 12.3. The molecular formula is C15H29ClN2O. The first kappa shape index (κ1) is 16.8. The van der Waals surface area contributed by atoms with E-state index in [-0.39, 0.29) is 18.4 Å². The molecular weight excluding hydrogens is 260 g/mol. The molecule has 2 aliphatic carbocycles. The second-order valence-corrected chi connectivity index (χ2v) is 6.30. The summed E-state index contributed by atoms with van der Waals surface area (Å²) in [5, 5.41) is 0. The normalized spacial score (nSPS) is 21.6. The topological polar surface area (TPSA) is 46.3 Å². The van der Waals surface area contributed by atoms with E-state index in [0.29, 0.717) is 18.4 Å². The Bertz CT molecular complexity index is 273. The van der Waals surface area contributed by atoms with Crippen LogP contribution in [0.2, 0.25) is 0 Å². The standard InChI is InChI=1S/C15H28N2O.ClH/c1-12(16)7-10-15(18)17(14-8-9-14)11-13-5-3-2-4-6-13;/h12-14H,2-11,16H2,1H3;1H. The molecule has 3 nitrogen and oxygen atoms in total. The van der Waals surface area contributed by atoms with E-state index in [9.17, 15) is 4.79 Å². The third-order valence-electron chi connectivity index (χ3n) is 4.30. The predicted octanol–water partition coefficient (Wildman–Crippen LogP) is 3.11. The molecule has 1 amide bonds. The van der Waals surface area contributed by atoms with Gasteiger partial charge in [0.25, 0.3) is 0 Å². The molecule has 0 aliphatic heterocycles. The van der Waals surface area contributed by atoms with Crippen molar-refractivity contribution in [2.45, 2.75) is 76.8 Å². The van der Waals surface area contributed by atoms with Gasteiger partial charge in [0.05, 0.1) is 0 Å². The molecule has 112 valence electrons. The molecule has 2 fully saturated rings. The summed E-state index contributed by atoms with van der Waals surface area (Å²) in [6, 6.07) is 0.706. The lowest BCUT2D eigenvalue weighted by molar-refractivity contribution is -0.132. The van der Waals surface area contributed by atoms with Gasteiger partial charge in [-0.3, -0.25) is 4.79 Å². The summed E-state index contributed by atoms with van der Waals surface area (Å²) in [5.41, 5.74) is 5.75. The van der Waals surface area contributed by atoms with Crippen LogP contribution in [0.15, 0.2) is 0 Å². The Balaban J connectivity index is 0.00000180. The molecule has 0 radical (unpaired) electrons. The van der Waals surface area contributed by atoms with Crippen molar-refractivity contribution >= 4 is 18.3 Å². The molecule has 2 saturated carbocycles. The zero-order valence-electron chi connectivity index (χ0n) is 12.1. The number of nitrogens with zero attached hydrogens (tertiary/aromatic N) is 1. The molecule has 1 atom stereocenters. The Morgan fingerprint density at radius 1 is 1.21 bits per heavy atom. The number of carbonyl (C=O) groups excluding carboxylic acids is 1. The molecule has 2 aliphatic rings. The highest BCUT2D eigenvalue weighted by molar-refractivity contribution is 5.85. The van der Waals surface area contributed by atoms with Crippen LogP contribution in [0.4, 0.5) is 0 Å². The van der Waals surface area contributed by atoms with E-state index in [1.807, 2.05) is 6.92 Å². The first-order chi connectivity index (χ1) is 8.66. The SMILES string of the molecule is CC(N)CCC(=O)N(CC1CCCCC1)C1CC1.Cl. The van der Waals surface area contributed by atoms with Gasteiger partial charge in [0.1, 0.15) is 0 Å². The summed E-state index contributed by atoms with van der Waals surface area (Å²) in [4.78, 5) is 14.5. The van der Waals surface area contributed by atoms with Crippen molar-refractivity contribution < 1.29 is 4.79 Å². The van der Waals surface area contributed by atoms with Crippen LogP contribution in [0.25, 0.3) is 0 Å². The Hall–Kier alpha value is -0.280. The van der Waals surface area contributed by atoms with E-state index in [0.717, 1.165) is 18.9 Å². The van der Waals surface area contributed by atoms with E-state index in [4.69, 9.17) is 5.73 Å². The molecule has 2 rings (SSSR count). The van der Waals surface area contributed by atoms with Gasteiger partial charge >= 0.3 is 0 Å². The highest BCUT2D eigenvalue weighted by Gasteiger charge is 2.33. The second kappa shape index (κ2) is 8.11. The van der Waals surface area contributed by atoms with Gasteiger partial charge in [-0.15, -0.1) is 12.4 Å². The van der Waals surface area contributed by atoms with Crippen LogP contribution in [0.3, 0.4) is 0 Å². The molecule has 0 aromatic rings. The van der Waals surface area contributed by atoms with E-state index < -0.39 is 0 Å². The molecule has 0 spiro atoms. The van der Waals surface area contributed by atoms with Crippen LogP contribution >= 0.6 is 12.4 Å². The van der Waals surface area contributed by atoms with Crippen LogP contribution in [0.5, 0.6) is 0 Å². The fourth-order valence-electron chi connectivity index (χ4n) is 2.98. The number of rotatable bonds is 6. The van der Waals surface area contributed by atoms with Crippen LogP contribution in [0, 0.1) is 5.92 Å². The third-order valence-corrected chi connectivity index (χ3v) is 4.30. The fourth-order valence-corrected chi connectivity index (χ4v) is 2.98. The lowest BCUT2D eigenvalue weighted by atomic mass is 9.89. The Kier molecular flexibility index (Phi) is 7.16. The summed E-state index contributed by atoms with van der Waals surface area (Å²) in [7, 11) is 0. The van der Waals surface area contributed by atoms with Gasteiger partial charge < -0.3 is 10.6 Å². The Morgan fingerprint density at radius 2 is 1.84 bits per heavy atom. The number of nitrogens with two attached hydrogens (primary N) is 1. The zero-order valence-corrected chi connectivity index (χ0v) is 13.0. The molecule has 0 saturated heterocycles. The lowest BCUT2D eigenvalue weighted by Gasteiger charge is -2.30. The fraction of sp³-hybridized carbons (Fsp3) is 0.933. The molecule has 4 heteroatoms. The molecule has 19 heavy (non-hydrogen) atoms. The Morgan fingerprint density at radius 3 is 2.37 bits per heavy atom. The quantitative estimate of drug-likeness (QED) is 0.816. The van der Waals surface area contributed by atoms with E-state index >= 15 is 0 Å². The average molecular weight is 289 g/mol. The molecule has 2 N–H and O–H groups in total. The number of amides is 1. The number of halogens is 1. The van der Waals surface area contributed by atoms with Crippen molar-refractivity contribution in [1.82, 2.24) is 4.90 Å². The van der Waals surface area contributed by atoms with Gasteiger partial charge in [0.2, 0.25) is 5.91 Å². The molecule has 0 heterocycles. The van der Waals surface area contributed by atoms with Crippen molar-refractivity contribution in [2.24, 2.45) is 11.7 Å². The van der Waals surface area contributed by atoms with Gasteiger partial charge in [-0.1, -0.05) is 19.3 Å². The maximum Gasteiger partial charge on any atom is 0.222 e. The first-order valence-electron chi connectivity index (χ1n) is 7.72. The van der Waals surface area contributed by atoms with Gasteiger partial charge in [0.15, 0.2) is 0 Å². The summed E-state index contributed by atoms with van der Waals surface area (Å²) in [5.74, 6) is 1.11. The van der Waals surface area contributed by atoms with Crippen molar-refractivity contribution in [2.75, 3.05) is 6.54 Å². The monoisotopic (exact) mass is 288 g/mol. The van der Waals surface area contributed by atoms with E-state index in [2.05, 4.69) is 4.90 Å². The minimum atomic E-state index is 0. The average Bonchev–Trinajstić information content (AvgIpc) is 3.18. The highest BCUT2D eigenvalue weighted by atomic mass is 35.5. The van der Waals surface area contributed by atoms with E-state index in [1.54, 1.807) is 0 Å². The zero-order chi connectivity index (χ0) is 13.0. The number of hydrogen-bond donors (Lipinski definition) is 1. The van der Waals surface area contributed by atoms with Crippen molar-refractivity contribution in [3.8, 4) is 0 Å². The van der Waals surface area contributed by atoms with Crippen LogP contribution < -0.4 is 5.73 Å². The second-order valence-electron chi connectivity index (χ2n) is 6.30. The summed E-state index contributed by atoms with van der Waals surface area (Å²) in [6.07, 6.45) is 10.7. The molecule has 0 bridgehead atoms.